The Hall–Kier alpha value is -1.07. The van der Waals surface area contributed by atoms with Crippen LogP contribution in [0.2, 0.25) is 0 Å². The lowest BCUT2D eigenvalue weighted by molar-refractivity contribution is 0.136. The van der Waals surface area contributed by atoms with Crippen molar-refractivity contribution in [3.8, 4) is 0 Å². The molecule has 60 valence electrons. The number of nitrogens with zero attached hydrogens (tertiary/aromatic N) is 1. The van der Waals surface area contributed by atoms with Crippen LogP contribution in [-0.2, 0) is 4.84 Å². The van der Waals surface area contributed by atoms with E-state index in [1.54, 1.807) is 0 Å². The highest BCUT2D eigenvalue weighted by molar-refractivity contribution is 7.13. The molecule has 0 fully saturated rings. The van der Waals surface area contributed by atoms with Crippen LogP contribution in [0.15, 0.2) is 12.0 Å². The molecule has 3 N–H and O–H groups in total. The van der Waals surface area contributed by atoms with Crippen LogP contribution >= 0.6 is 11.3 Å². The van der Waals surface area contributed by atoms with Gasteiger partial charge in [0.1, 0.15) is 5.69 Å². The van der Waals surface area contributed by atoms with Gasteiger partial charge in [-0.3, -0.25) is 10.3 Å². The number of hydroxylamine groups is 1. The van der Waals surface area contributed by atoms with E-state index in [-0.39, 0.29) is 0 Å². The summed E-state index contributed by atoms with van der Waals surface area (Å²) in [7, 11) is 1.51. The van der Waals surface area contributed by atoms with Crippen LogP contribution in [0.4, 0.5) is 5.13 Å². The number of aromatic nitrogens is 1. The van der Waals surface area contributed by atoms with Crippen molar-refractivity contribution in [3.63, 3.8) is 0 Å². The molecule has 0 aromatic carbocycles. The number of anilines is 1. The third-order valence-corrected chi connectivity index (χ3v) is 1.73. The molecule has 4 nitrogen and oxygen atoms in total. The monoisotopic (exact) mass is 171 g/mol. The van der Waals surface area contributed by atoms with Gasteiger partial charge in [0.15, 0.2) is 5.13 Å². The van der Waals surface area contributed by atoms with Gasteiger partial charge in [-0.25, -0.2) is 4.98 Å². The highest BCUT2D eigenvalue weighted by atomic mass is 32.1. The molecule has 1 aromatic heterocycles. The summed E-state index contributed by atoms with van der Waals surface area (Å²) in [6.45, 7) is 3.68. The van der Waals surface area contributed by atoms with Crippen molar-refractivity contribution >= 4 is 22.2 Å². The summed E-state index contributed by atoms with van der Waals surface area (Å²) < 4.78 is 0. The molecule has 5 heteroatoms. The van der Waals surface area contributed by atoms with Crippen LogP contribution in [-0.4, -0.2) is 12.1 Å². The summed E-state index contributed by atoms with van der Waals surface area (Å²) >= 11 is 1.37. The Labute approximate surface area is 68.7 Å². The Morgan fingerprint density at radius 2 is 2.64 bits per heavy atom. The van der Waals surface area contributed by atoms with Gasteiger partial charge in [-0.15, -0.1) is 11.3 Å². The van der Waals surface area contributed by atoms with Crippen LogP contribution in [0.5, 0.6) is 0 Å². The molecule has 1 heterocycles. The van der Waals surface area contributed by atoms with Crippen LogP contribution < -0.4 is 11.2 Å². The fourth-order valence-corrected chi connectivity index (χ4v) is 1.18. The minimum atomic E-state index is 0.527. The quantitative estimate of drug-likeness (QED) is 0.662. The first kappa shape index (κ1) is 8.03. The first-order valence-corrected chi connectivity index (χ1v) is 3.81. The summed E-state index contributed by atoms with van der Waals surface area (Å²) in [5.74, 6) is 0. The predicted octanol–water partition coefficient (Wildman–Crippen LogP) is 0.847. The molecule has 0 aliphatic carbocycles. The number of nitrogens with one attached hydrogen (secondary N) is 1. The van der Waals surface area contributed by atoms with E-state index >= 15 is 0 Å². The Bertz CT molecular complexity index is 258. The zero-order valence-electron chi connectivity index (χ0n) is 6.13. The minimum absolute atomic E-state index is 0.527. The lowest BCUT2D eigenvalue weighted by Gasteiger charge is -2.01. The zero-order chi connectivity index (χ0) is 8.27. The average Bonchev–Trinajstić information content (AvgIpc) is 2.36. The van der Waals surface area contributed by atoms with E-state index in [0.29, 0.717) is 16.5 Å². The summed E-state index contributed by atoms with van der Waals surface area (Å²) in [6, 6.07) is 0. The topological polar surface area (TPSA) is 60.2 Å². The van der Waals surface area contributed by atoms with Crippen molar-refractivity contribution in [2.75, 3.05) is 12.8 Å². The van der Waals surface area contributed by atoms with E-state index in [1.165, 1.54) is 18.4 Å². The second kappa shape index (κ2) is 3.36. The lowest BCUT2D eigenvalue weighted by atomic mass is 10.4. The largest absolute Gasteiger partial charge is 0.375 e. The van der Waals surface area contributed by atoms with Gasteiger partial charge in [-0.2, -0.15) is 0 Å². The molecule has 1 aromatic rings. The van der Waals surface area contributed by atoms with Gasteiger partial charge in [0.2, 0.25) is 0 Å². The van der Waals surface area contributed by atoms with E-state index < -0.39 is 0 Å². The SMILES string of the molecule is C=C(NOC)c1csc(N)n1. The average molecular weight is 171 g/mol. The van der Waals surface area contributed by atoms with E-state index in [0.717, 1.165) is 0 Å². The molecule has 0 aliphatic heterocycles. The second-order valence-corrected chi connectivity index (χ2v) is 2.75. The molecule has 0 bridgehead atoms. The molecule has 0 unspecified atom stereocenters. The first-order valence-electron chi connectivity index (χ1n) is 2.93. The number of hydrogen-bond donors (Lipinski definition) is 2. The van der Waals surface area contributed by atoms with Crippen LogP contribution in [0.1, 0.15) is 5.69 Å². The Morgan fingerprint density at radius 3 is 3.09 bits per heavy atom. The molecule has 0 saturated heterocycles. The molecular formula is C6H9N3OS. The third-order valence-electron chi connectivity index (χ3n) is 1.06. The van der Waals surface area contributed by atoms with E-state index in [2.05, 4.69) is 21.9 Å². The number of hydrogen-bond acceptors (Lipinski definition) is 5. The van der Waals surface area contributed by atoms with Gasteiger partial charge in [-0.1, -0.05) is 6.58 Å². The Kier molecular flexibility index (Phi) is 2.45. The molecule has 1 rings (SSSR count). The van der Waals surface area contributed by atoms with Gasteiger partial charge in [0.05, 0.1) is 12.8 Å². The smallest absolute Gasteiger partial charge is 0.180 e. The first-order chi connectivity index (χ1) is 5.24. The van der Waals surface area contributed by atoms with Gasteiger partial charge >= 0.3 is 0 Å². The van der Waals surface area contributed by atoms with Crippen molar-refractivity contribution in [1.82, 2.24) is 10.5 Å². The molecule has 0 aliphatic rings. The van der Waals surface area contributed by atoms with Crippen LogP contribution in [0.3, 0.4) is 0 Å². The molecule has 0 amide bonds. The maximum absolute atomic E-state index is 5.41. The fraction of sp³-hybridized carbons (Fsp3) is 0.167. The van der Waals surface area contributed by atoms with Crippen molar-refractivity contribution in [2.24, 2.45) is 0 Å². The Balaban J connectivity index is 2.69. The van der Waals surface area contributed by atoms with Crippen molar-refractivity contribution < 1.29 is 4.84 Å². The maximum Gasteiger partial charge on any atom is 0.180 e. The highest BCUT2D eigenvalue weighted by Gasteiger charge is 2.01. The lowest BCUT2D eigenvalue weighted by Crippen LogP contribution is -2.08. The Morgan fingerprint density at radius 1 is 1.91 bits per heavy atom. The van der Waals surface area contributed by atoms with Gasteiger partial charge < -0.3 is 5.73 Å². The van der Waals surface area contributed by atoms with Gasteiger partial charge in [-0.05, 0) is 0 Å². The van der Waals surface area contributed by atoms with Crippen molar-refractivity contribution in [1.29, 1.82) is 0 Å². The molecule has 0 radical (unpaired) electrons. The van der Waals surface area contributed by atoms with E-state index in [1.807, 2.05) is 5.38 Å². The number of nitrogens with two attached hydrogens (primary N) is 1. The van der Waals surface area contributed by atoms with Crippen LogP contribution in [0, 0.1) is 0 Å². The standard InChI is InChI=1S/C6H9N3OS/c1-4(9-10-2)5-3-11-6(7)8-5/h3,9H,1H2,2H3,(H2,7,8). The summed E-state index contributed by atoms with van der Waals surface area (Å²) in [6.07, 6.45) is 0. The van der Waals surface area contributed by atoms with E-state index in [9.17, 15) is 0 Å². The zero-order valence-corrected chi connectivity index (χ0v) is 6.94. The van der Waals surface area contributed by atoms with Gasteiger partial charge in [0.25, 0.3) is 0 Å². The van der Waals surface area contributed by atoms with Crippen molar-refractivity contribution in [2.45, 2.75) is 0 Å². The normalized spacial score (nSPS) is 9.55. The number of thiazole rings is 1. The molecule has 0 spiro atoms. The fourth-order valence-electron chi connectivity index (χ4n) is 0.602. The highest BCUT2D eigenvalue weighted by Crippen LogP contribution is 2.15. The third kappa shape index (κ3) is 1.92. The van der Waals surface area contributed by atoms with Gasteiger partial charge in [0, 0.05) is 5.38 Å². The molecule has 0 saturated carbocycles. The van der Waals surface area contributed by atoms with E-state index in [4.69, 9.17) is 5.73 Å². The second-order valence-electron chi connectivity index (χ2n) is 1.86. The predicted molar refractivity (Wildman–Crippen MR) is 45.7 cm³/mol. The summed E-state index contributed by atoms with van der Waals surface area (Å²) in [4.78, 5) is 8.63. The van der Waals surface area contributed by atoms with Crippen molar-refractivity contribution in [3.05, 3.63) is 17.7 Å². The number of rotatable bonds is 3. The minimum Gasteiger partial charge on any atom is -0.375 e. The maximum atomic E-state index is 5.41. The molecular weight excluding hydrogens is 162 g/mol. The summed E-state index contributed by atoms with van der Waals surface area (Å²) in [5, 5.41) is 2.34. The molecule has 0 atom stereocenters. The summed E-state index contributed by atoms with van der Waals surface area (Å²) in [5.41, 5.74) is 9.31. The number of nitrogen functional groups attached to an aromatic ring is 1. The van der Waals surface area contributed by atoms with Crippen LogP contribution in [0.25, 0.3) is 5.70 Å². The molecule has 11 heavy (non-hydrogen) atoms.